The van der Waals surface area contributed by atoms with Crippen LogP contribution in [0.15, 0.2) is 72.9 Å². The summed E-state index contributed by atoms with van der Waals surface area (Å²) in [5.74, 6) is -0.200. The summed E-state index contributed by atoms with van der Waals surface area (Å²) in [5.41, 5.74) is 0. The molecule has 58 heavy (non-hydrogen) atoms. The number of aliphatic hydroxyl groups excluding tert-OH is 1. The normalized spacial score (nSPS) is 14.9. The summed E-state index contributed by atoms with van der Waals surface area (Å²) in [4.78, 5) is 23.1. The van der Waals surface area contributed by atoms with Crippen molar-refractivity contribution in [3.8, 4) is 0 Å². The van der Waals surface area contributed by atoms with Crippen LogP contribution < -0.4 is 5.32 Å². The van der Waals surface area contributed by atoms with E-state index >= 15 is 0 Å². The van der Waals surface area contributed by atoms with E-state index in [4.69, 9.17) is 9.05 Å². The molecule has 3 N–H and O–H groups in total. The maximum Gasteiger partial charge on any atom is 0.472 e. The Morgan fingerprint density at radius 3 is 1.59 bits per heavy atom. The number of aliphatic hydroxyl groups is 1. The van der Waals surface area contributed by atoms with Crippen LogP contribution in [0.3, 0.4) is 0 Å². The summed E-state index contributed by atoms with van der Waals surface area (Å²) in [6.07, 6.45) is 54.4. The number of phosphoric ester groups is 1. The van der Waals surface area contributed by atoms with Gasteiger partial charge in [0.25, 0.3) is 0 Å². The second-order valence-electron chi connectivity index (χ2n) is 16.8. The molecule has 3 unspecified atom stereocenters. The van der Waals surface area contributed by atoms with Gasteiger partial charge >= 0.3 is 7.82 Å². The zero-order valence-electron chi connectivity index (χ0n) is 38.0. The third-order valence-corrected chi connectivity index (χ3v) is 11.0. The Morgan fingerprint density at radius 2 is 1.07 bits per heavy atom. The summed E-state index contributed by atoms with van der Waals surface area (Å²) < 4.78 is 23.5. The van der Waals surface area contributed by atoms with Crippen LogP contribution in [0.5, 0.6) is 0 Å². The topological polar surface area (TPSA) is 105 Å². The van der Waals surface area contributed by atoms with Crippen molar-refractivity contribution in [2.45, 2.75) is 193 Å². The lowest BCUT2D eigenvalue weighted by Gasteiger charge is -2.25. The highest BCUT2D eigenvalue weighted by atomic mass is 31.2. The second kappa shape index (κ2) is 40.4. The monoisotopic (exact) mass is 834 g/mol. The number of nitrogens with one attached hydrogen (secondary N) is 1. The second-order valence-corrected chi connectivity index (χ2v) is 18.2. The first-order valence-corrected chi connectivity index (χ1v) is 24.8. The molecule has 0 saturated heterocycles. The van der Waals surface area contributed by atoms with E-state index in [-0.39, 0.29) is 19.1 Å². The number of carbonyl (C=O) groups excluding carboxylic acids is 1. The Kier molecular flexibility index (Phi) is 38.9. The molecule has 0 saturated carbocycles. The molecule has 1 amide bonds. The molecule has 9 heteroatoms. The van der Waals surface area contributed by atoms with Gasteiger partial charge in [-0.1, -0.05) is 170 Å². The number of amides is 1. The van der Waals surface area contributed by atoms with E-state index in [9.17, 15) is 19.4 Å². The number of allylic oxidation sites excluding steroid dienone is 11. The first kappa shape index (κ1) is 55.9. The lowest BCUT2D eigenvalue weighted by atomic mass is 10.0. The van der Waals surface area contributed by atoms with Crippen LogP contribution in [-0.4, -0.2) is 73.4 Å². The molecule has 0 aromatic rings. The van der Waals surface area contributed by atoms with Crippen molar-refractivity contribution in [3.63, 3.8) is 0 Å². The zero-order chi connectivity index (χ0) is 42.8. The Morgan fingerprint density at radius 1 is 0.621 bits per heavy atom. The number of rotatable bonds is 41. The van der Waals surface area contributed by atoms with Gasteiger partial charge in [0.2, 0.25) is 5.91 Å². The maximum absolute atomic E-state index is 12.8. The predicted octanol–water partition coefficient (Wildman–Crippen LogP) is 13.2. The molecule has 0 aliphatic rings. The minimum atomic E-state index is -4.35. The highest BCUT2D eigenvalue weighted by Gasteiger charge is 2.27. The Balaban J connectivity index is 4.16. The minimum absolute atomic E-state index is 0.0498. The predicted molar refractivity (Wildman–Crippen MR) is 249 cm³/mol. The molecule has 3 atom stereocenters. The van der Waals surface area contributed by atoms with Gasteiger partial charge in [0.15, 0.2) is 0 Å². The number of likely N-dealkylation sites (N-methyl/N-ethyl adjacent to an activating group) is 1. The Bertz CT molecular complexity index is 1170. The van der Waals surface area contributed by atoms with Crippen molar-refractivity contribution >= 4 is 13.7 Å². The number of hydrogen-bond donors (Lipinski definition) is 3. The first-order chi connectivity index (χ1) is 28.0. The third kappa shape index (κ3) is 42.1. The van der Waals surface area contributed by atoms with E-state index in [2.05, 4.69) is 66.9 Å². The van der Waals surface area contributed by atoms with Gasteiger partial charge in [-0.05, 0) is 77.6 Å². The number of nitrogens with zero attached hydrogens (tertiary/aromatic N) is 1. The standard InChI is InChI=1S/C49H89N2O6P/c1-6-8-10-12-14-16-17-18-19-20-21-22-23-24-25-26-27-28-29-30-31-32-33-35-37-39-41-43-49(53)50-47(46-57-58(54,55)56-45-44-51(3,4)5)48(52)42-40-38-36-34-15-13-11-9-7-2/h7,9,15,17-18,20-21,23-24,34,40,42,47-48,52H,6,8,10-14,16,19,22,25-33,35-39,41,43-46H2,1-5H3,(H-,50,53,54,55)/p+1/b9-7+,18-17-,21-20-,24-23-,34-15+,42-40+. The van der Waals surface area contributed by atoms with Gasteiger partial charge in [-0.2, -0.15) is 0 Å². The van der Waals surface area contributed by atoms with Gasteiger partial charge in [0.05, 0.1) is 39.9 Å². The fraction of sp³-hybridized carbons (Fsp3) is 0.735. The molecule has 0 rings (SSSR count). The van der Waals surface area contributed by atoms with Crippen LogP contribution in [0.25, 0.3) is 0 Å². The maximum atomic E-state index is 12.8. The van der Waals surface area contributed by atoms with Crippen molar-refractivity contribution in [2.24, 2.45) is 0 Å². The molecule has 0 aliphatic heterocycles. The smallest absolute Gasteiger partial charge is 0.387 e. The molecular weight excluding hydrogens is 744 g/mol. The van der Waals surface area contributed by atoms with Gasteiger partial charge < -0.3 is 19.8 Å². The molecule has 0 aromatic carbocycles. The van der Waals surface area contributed by atoms with Gasteiger partial charge in [-0.3, -0.25) is 13.8 Å². The lowest BCUT2D eigenvalue weighted by molar-refractivity contribution is -0.870. The molecule has 336 valence electrons. The fourth-order valence-electron chi connectivity index (χ4n) is 6.26. The molecule has 0 aliphatic carbocycles. The first-order valence-electron chi connectivity index (χ1n) is 23.3. The number of hydrogen-bond acceptors (Lipinski definition) is 5. The largest absolute Gasteiger partial charge is 0.472 e. The summed E-state index contributed by atoms with van der Waals surface area (Å²) in [7, 11) is 1.53. The van der Waals surface area contributed by atoms with Crippen LogP contribution in [-0.2, 0) is 18.4 Å². The van der Waals surface area contributed by atoms with E-state index in [1.165, 1.54) is 103 Å². The third-order valence-electron chi connectivity index (χ3n) is 9.97. The van der Waals surface area contributed by atoms with Gasteiger partial charge in [-0.15, -0.1) is 0 Å². The van der Waals surface area contributed by atoms with E-state index in [0.29, 0.717) is 17.4 Å². The Hall–Kier alpha value is -2.06. The summed E-state index contributed by atoms with van der Waals surface area (Å²) in [6, 6.07) is -0.871. The van der Waals surface area contributed by atoms with Crippen molar-refractivity contribution in [2.75, 3.05) is 40.9 Å². The highest BCUT2D eigenvalue weighted by Crippen LogP contribution is 2.43. The molecular formula is C49H90N2O6P+. The van der Waals surface area contributed by atoms with E-state index in [1.54, 1.807) is 6.08 Å². The molecule has 0 fully saturated rings. The zero-order valence-corrected chi connectivity index (χ0v) is 38.9. The molecule has 8 nitrogen and oxygen atoms in total. The number of unbranched alkanes of at least 4 members (excludes halogenated alkanes) is 19. The minimum Gasteiger partial charge on any atom is -0.387 e. The van der Waals surface area contributed by atoms with Gasteiger partial charge in [0.1, 0.15) is 13.2 Å². The Labute approximate surface area is 357 Å². The van der Waals surface area contributed by atoms with Crippen molar-refractivity contribution < 1.29 is 32.9 Å². The van der Waals surface area contributed by atoms with E-state index < -0.39 is 20.0 Å². The van der Waals surface area contributed by atoms with Crippen LogP contribution in [0.4, 0.5) is 0 Å². The SMILES string of the molecule is C/C=C/CC/C=C/CC/C=C/C(O)C(COP(=O)(O)OCC[N+](C)(C)C)NC(=O)CCCCCCCCCCCCCC/C=C\C/C=C\C/C=C\CCCCCCC. The average Bonchev–Trinajstić information content (AvgIpc) is 3.17. The quantitative estimate of drug-likeness (QED) is 0.0245. The number of quaternary nitrogens is 1. The molecule has 0 aromatic heterocycles. The molecule has 0 spiro atoms. The van der Waals surface area contributed by atoms with Crippen molar-refractivity contribution in [3.05, 3.63) is 72.9 Å². The van der Waals surface area contributed by atoms with Crippen LogP contribution in [0.2, 0.25) is 0 Å². The average molecular weight is 834 g/mol. The number of phosphoric acid groups is 1. The van der Waals surface area contributed by atoms with Crippen LogP contribution in [0.1, 0.15) is 181 Å². The van der Waals surface area contributed by atoms with E-state index in [0.717, 1.165) is 57.8 Å². The number of carbonyl (C=O) groups is 1. The summed E-state index contributed by atoms with van der Waals surface area (Å²) in [6.45, 7) is 4.52. The highest BCUT2D eigenvalue weighted by molar-refractivity contribution is 7.47. The van der Waals surface area contributed by atoms with Crippen molar-refractivity contribution in [1.29, 1.82) is 0 Å². The fourth-order valence-corrected chi connectivity index (χ4v) is 7.00. The van der Waals surface area contributed by atoms with Crippen molar-refractivity contribution in [1.82, 2.24) is 5.32 Å². The summed E-state index contributed by atoms with van der Waals surface area (Å²) >= 11 is 0. The molecule has 0 radical (unpaired) electrons. The van der Waals surface area contributed by atoms with Crippen LogP contribution in [0, 0.1) is 0 Å². The van der Waals surface area contributed by atoms with Gasteiger partial charge in [0, 0.05) is 6.42 Å². The van der Waals surface area contributed by atoms with Crippen LogP contribution >= 0.6 is 7.82 Å². The van der Waals surface area contributed by atoms with Gasteiger partial charge in [-0.25, -0.2) is 4.57 Å². The summed E-state index contributed by atoms with van der Waals surface area (Å²) in [5, 5.41) is 13.7. The molecule has 0 bridgehead atoms. The molecule has 0 heterocycles. The van der Waals surface area contributed by atoms with E-state index in [1.807, 2.05) is 40.2 Å². The lowest BCUT2D eigenvalue weighted by Crippen LogP contribution is -2.45.